The number of halogens is 3. The second-order valence-electron chi connectivity index (χ2n) is 6.54. The van der Waals surface area contributed by atoms with Crippen molar-refractivity contribution in [3.05, 3.63) is 47.2 Å². The predicted octanol–water partition coefficient (Wildman–Crippen LogP) is 2.42. The summed E-state index contributed by atoms with van der Waals surface area (Å²) in [6, 6.07) is 3.29. The molecule has 1 atom stereocenters. The molecule has 1 aromatic heterocycles. The fourth-order valence-corrected chi connectivity index (χ4v) is 3.03. The molecule has 2 aromatic rings. The summed E-state index contributed by atoms with van der Waals surface area (Å²) in [5.74, 6) is -1.47. The van der Waals surface area contributed by atoms with Gasteiger partial charge in [0.15, 0.2) is 5.54 Å². The van der Waals surface area contributed by atoms with Gasteiger partial charge in [0, 0.05) is 11.3 Å². The third-order valence-electron chi connectivity index (χ3n) is 4.40. The van der Waals surface area contributed by atoms with Crippen LogP contribution in [0.25, 0.3) is 0 Å². The molecule has 8 nitrogen and oxygen atoms in total. The topological polar surface area (TPSA) is 112 Å². The number of nitrogens with one attached hydrogen (secondary N) is 1. The second kappa shape index (κ2) is 8.66. The van der Waals surface area contributed by atoms with E-state index in [0.29, 0.717) is 12.3 Å². The maximum Gasteiger partial charge on any atom is 0.276 e. The molecule has 3 rings (SSSR count). The number of amides is 1. The minimum absolute atomic E-state index is 0.0103. The number of alkyl halides is 2. The number of nitrogens with two attached hydrogens (primary N) is 1. The first-order valence-electron chi connectivity index (χ1n) is 9.04. The number of aryl methyl sites for hydroxylation is 1. The van der Waals surface area contributed by atoms with E-state index >= 15 is 0 Å². The number of amidine groups is 1. The maximum atomic E-state index is 14.5. The van der Waals surface area contributed by atoms with E-state index in [0.717, 1.165) is 12.1 Å². The van der Waals surface area contributed by atoms with Gasteiger partial charge in [0.2, 0.25) is 5.88 Å². The van der Waals surface area contributed by atoms with Crippen LogP contribution in [0.15, 0.2) is 29.4 Å². The van der Waals surface area contributed by atoms with Crippen molar-refractivity contribution in [2.24, 2.45) is 10.7 Å². The SMILES string of the molecule is CCOc1cnc(C(=O)Nc2ccc(F)c([C@]3(C(F)F)COCC(N)=N3)c2)c(C)n1. The van der Waals surface area contributed by atoms with Crippen molar-refractivity contribution in [3.8, 4) is 5.88 Å². The average Bonchev–Trinajstić information content (AvgIpc) is 2.69. The van der Waals surface area contributed by atoms with Crippen molar-refractivity contribution in [3.63, 3.8) is 0 Å². The van der Waals surface area contributed by atoms with Crippen molar-refractivity contribution in [1.29, 1.82) is 0 Å². The van der Waals surface area contributed by atoms with E-state index < -0.39 is 35.9 Å². The highest BCUT2D eigenvalue weighted by molar-refractivity contribution is 6.03. The molecule has 1 aliphatic rings. The average molecular weight is 423 g/mol. The molecule has 11 heteroatoms. The minimum Gasteiger partial charge on any atom is -0.477 e. The fourth-order valence-electron chi connectivity index (χ4n) is 3.03. The second-order valence-corrected chi connectivity index (χ2v) is 6.54. The van der Waals surface area contributed by atoms with E-state index in [1.165, 1.54) is 12.3 Å². The number of benzene rings is 1. The molecule has 0 fully saturated rings. The third kappa shape index (κ3) is 4.20. The Labute approximate surface area is 170 Å². The molecule has 1 aliphatic heterocycles. The van der Waals surface area contributed by atoms with Gasteiger partial charge in [-0.2, -0.15) is 0 Å². The van der Waals surface area contributed by atoms with Gasteiger partial charge < -0.3 is 20.5 Å². The van der Waals surface area contributed by atoms with Crippen molar-refractivity contribution < 1.29 is 27.4 Å². The van der Waals surface area contributed by atoms with Gasteiger partial charge in [-0.3, -0.25) is 9.79 Å². The zero-order valence-electron chi connectivity index (χ0n) is 16.3. The van der Waals surface area contributed by atoms with Gasteiger partial charge in [-0.05, 0) is 32.0 Å². The quantitative estimate of drug-likeness (QED) is 0.738. The van der Waals surface area contributed by atoms with Gasteiger partial charge in [-0.25, -0.2) is 23.1 Å². The minimum atomic E-state index is -3.09. The number of hydrogen-bond acceptors (Lipinski definition) is 7. The molecular formula is C19H20F3N5O3. The Morgan fingerprint density at radius 3 is 2.83 bits per heavy atom. The Kier molecular flexibility index (Phi) is 6.20. The van der Waals surface area contributed by atoms with Crippen LogP contribution in [0.5, 0.6) is 5.88 Å². The fraction of sp³-hybridized carbons (Fsp3) is 0.368. The van der Waals surface area contributed by atoms with Crippen LogP contribution < -0.4 is 15.8 Å². The first-order valence-corrected chi connectivity index (χ1v) is 9.04. The Morgan fingerprint density at radius 1 is 1.43 bits per heavy atom. The molecule has 0 saturated heterocycles. The van der Waals surface area contributed by atoms with Crippen LogP contribution in [0.1, 0.15) is 28.7 Å². The van der Waals surface area contributed by atoms with Crippen LogP contribution in [0.2, 0.25) is 0 Å². The molecule has 0 radical (unpaired) electrons. The highest BCUT2D eigenvalue weighted by Gasteiger charge is 2.46. The molecule has 2 heterocycles. The predicted molar refractivity (Wildman–Crippen MR) is 102 cm³/mol. The molecule has 0 bridgehead atoms. The van der Waals surface area contributed by atoms with Crippen LogP contribution in [0, 0.1) is 12.7 Å². The van der Waals surface area contributed by atoms with Crippen LogP contribution in [-0.2, 0) is 10.3 Å². The molecule has 3 N–H and O–H groups in total. The molecular weight excluding hydrogens is 403 g/mol. The highest BCUT2D eigenvalue weighted by Crippen LogP contribution is 2.38. The van der Waals surface area contributed by atoms with E-state index in [1.54, 1.807) is 13.8 Å². The summed E-state index contributed by atoms with van der Waals surface area (Å²) < 4.78 is 52.6. The van der Waals surface area contributed by atoms with Crippen molar-refractivity contribution >= 4 is 17.4 Å². The van der Waals surface area contributed by atoms with Crippen LogP contribution in [0.3, 0.4) is 0 Å². The first-order chi connectivity index (χ1) is 14.3. The normalized spacial score (nSPS) is 18.8. The van der Waals surface area contributed by atoms with Crippen molar-refractivity contribution in [1.82, 2.24) is 9.97 Å². The lowest BCUT2D eigenvalue weighted by Gasteiger charge is -2.33. The van der Waals surface area contributed by atoms with Gasteiger partial charge in [0.1, 0.15) is 24.0 Å². The zero-order chi connectivity index (χ0) is 21.9. The maximum absolute atomic E-state index is 14.5. The van der Waals surface area contributed by atoms with E-state index in [9.17, 15) is 18.0 Å². The van der Waals surface area contributed by atoms with Crippen LogP contribution in [0.4, 0.5) is 18.9 Å². The monoisotopic (exact) mass is 423 g/mol. The van der Waals surface area contributed by atoms with Gasteiger partial charge in [-0.15, -0.1) is 0 Å². The summed E-state index contributed by atoms with van der Waals surface area (Å²) in [7, 11) is 0. The number of aliphatic imine (C=N–C) groups is 1. The number of aromatic nitrogens is 2. The van der Waals surface area contributed by atoms with Crippen LogP contribution >= 0.6 is 0 Å². The molecule has 30 heavy (non-hydrogen) atoms. The lowest BCUT2D eigenvalue weighted by molar-refractivity contribution is -0.0145. The number of carbonyl (C=O) groups excluding carboxylic acids is 1. The van der Waals surface area contributed by atoms with Gasteiger partial charge >= 0.3 is 0 Å². The Hall–Kier alpha value is -3.21. The first kappa shape index (κ1) is 21.5. The number of carbonyl (C=O) groups is 1. The molecule has 0 aliphatic carbocycles. The summed E-state index contributed by atoms with van der Waals surface area (Å²) in [5.41, 5.74) is 3.21. The molecule has 0 saturated carbocycles. The van der Waals surface area contributed by atoms with E-state index in [2.05, 4.69) is 20.3 Å². The van der Waals surface area contributed by atoms with E-state index in [-0.39, 0.29) is 29.7 Å². The number of rotatable bonds is 6. The van der Waals surface area contributed by atoms with Crippen molar-refractivity contribution in [2.75, 3.05) is 25.1 Å². The summed E-state index contributed by atoms with van der Waals surface area (Å²) in [6.07, 6.45) is -1.79. The molecule has 1 aromatic carbocycles. The lowest BCUT2D eigenvalue weighted by Crippen LogP contribution is -2.45. The van der Waals surface area contributed by atoms with Gasteiger partial charge in [0.25, 0.3) is 12.3 Å². The molecule has 160 valence electrons. The standard InChI is InChI=1S/C19H20F3N5O3/c1-3-30-15-7-24-16(10(2)25-15)17(28)26-11-4-5-13(20)12(6-11)19(18(21)22)9-29-8-14(23)27-19/h4-7,18H,3,8-9H2,1-2H3,(H2,23,27)(H,26,28)/t19-/m0/s1. The molecule has 0 spiro atoms. The van der Waals surface area contributed by atoms with Gasteiger partial charge in [-0.1, -0.05) is 0 Å². The van der Waals surface area contributed by atoms with Crippen LogP contribution in [-0.4, -0.2) is 48.0 Å². The molecule has 1 amide bonds. The van der Waals surface area contributed by atoms with Gasteiger partial charge in [0.05, 0.1) is 25.1 Å². The summed E-state index contributed by atoms with van der Waals surface area (Å²) in [4.78, 5) is 24.5. The summed E-state index contributed by atoms with van der Waals surface area (Å²) in [6.45, 7) is 3.07. The van der Waals surface area contributed by atoms with E-state index in [4.69, 9.17) is 15.2 Å². The Morgan fingerprint density at radius 2 is 2.20 bits per heavy atom. The number of hydrogen-bond donors (Lipinski definition) is 2. The largest absolute Gasteiger partial charge is 0.477 e. The highest BCUT2D eigenvalue weighted by atomic mass is 19.3. The smallest absolute Gasteiger partial charge is 0.276 e. The summed E-state index contributed by atoms with van der Waals surface area (Å²) >= 11 is 0. The number of anilines is 1. The Bertz CT molecular complexity index is 986. The zero-order valence-corrected chi connectivity index (χ0v) is 16.3. The van der Waals surface area contributed by atoms with Crippen molar-refractivity contribution in [2.45, 2.75) is 25.8 Å². The summed E-state index contributed by atoms with van der Waals surface area (Å²) in [5, 5.41) is 2.51. The third-order valence-corrected chi connectivity index (χ3v) is 4.40. The molecule has 0 unspecified atom stereocenters. The lowest BCUT2D eigenvalue weighted by atomic mass is 9.90. The van der Waals surface area contributed by atoms with E-state index in [1.807, 2.05) is 0 Å². The number of nitrogens with zero attached hydrogens (tertiary/aromatic N) is 3. The Balaban J connectivity index is 1.92. The number of ether oxygens (including phenoxy) is 2.